The number of amides is 1. The van der Waals surface area contributed by atoms with Gasteiger partial charge in [-0.2, -0.15) is 12.6 Å². The molecule has 4 heteroatoms. The number of carbonyl (C=O) groups is 1. The highest BCUT2D eigenvalue weighted by atomic mass is 32.1. The fourth-order valence-corrected chi connectivity index (χ4v) is 1.70. The van der Waals surface area contributed by atoms with Crippen molar-refractivity contribution in [2.24, 2.45) is 0 Å². The van der Waals surface area contributed by atoms with Crippen LogP contribution in [-0.2, 0) is 4.79 Å². The number of hydrogen-bond acceptors (Lipinski definition) is 2. The number of H-pyrrole nitrogens is 1. The van der Waals surface area contributed by atoms with Gasteiger partial charge >= 0.3 is 0 Å². The molecule has 0 fully saturated rings. The largest absolute Gasteiger partial charge is 0.357 e. The molecule has 3 nitrogen and oxygen atoms in total. The van der Waals surface area contributed by atoms with E-state index in [4.69, 9.17) is 0 Å². The van der Waals surface area contributed by atoms with Crippen molar-refractivity contribution in [2.45, 2.75) is 6.92 Å². The molecule has 0 atom stereocenters. The number of carbonyl (C=O) groups excluding carboxylic acids is 1. The van der Waals surface area contributed by atoms with Gasteiger partial charge in [0.05, 0.1) is 11.4 Å². The summed E-state index contributed by atoms with van der Waals surface area (Å²) >= 11 is 3.93. The molecule has 0 radical (unpaired) electrons. The Hall–Kier alpha value is -1.42. The first-order valence-corrected chi connectivity index (χ1v) is 5.33. The van der Waals surface area contributed by atoms with Gasteiger partial charge in [-0.05, 0) is 13.0 Å². The lowest BCUT2D eigenvalue weighted by Crippen LogP contribution is -2.12. The average Bonchev–Trinajstić information content (AvgIpc) is 2.55. The minimum Gasteiger partial charge on any atom is -0.357 e. The van der Waals surface area contributed by atoms with E-state index in [1.165, 1.54) is 0 Å². The van der Waals surface area contributed by atoms with Gasteiger partial charge < -0.3 is 10.3 Å². The Morgan fingerprint density at radius 1 is 1.47 bits per heavy atom. The highest BCUT2D eigenvalue weighted by Gasteiger charge is 2.09. The summed E-state index contributed by atoms with van der Waals surface area (Å²) in [5, 5.41) is 3.87. The van der Waals surface area contributed by atoms with Crippen LogP contribution in [0.25, 0.3) is 10.9 Å². The fraction of sp³-hybridized carbons (Fsp3) is 0.182. The standard InChI is InChI=1S/C11H12N2OS/c1-7-11(13-10(14)6-15)8-4-2-3-5-9(8)12-7/h2-5,12,15H,6H2,1H3,(H,13,14). The number of hydrogen-bond donors (Lipinski definition) is 3. The Bertz CT molecular complexity index is 504. The number of benzene rings is 1. The van der Waals surface area contributed by atoms with E-state index < -0.39 is 0 Å². The molecule has 0 spiro atoms. The molecule has 1 aromatic heterocycles. The fourth-order valence-electron chi connectivity index (χ4n) is 1.62. The van der Waals surface area contributed by atoms with Crippen LogP contribution in [0, 0.1) is 6.92 Å². The number of nitrogens with one attached hydrogen (secondary N) is 2. The van der Waals surface area contributed by atoms with Crippen LogP contribution in [0.15, 0.2) is 24.3 Å². The van der Waals surface area contributed by atoms with E-state index in [1.807, 2.05) is 31.2 Å². The SMILES string of the molecule is Cc1[nH]c2ccccc2c1NC(=O)CS. The van der Waals surface area contributed by atoms with Crippen LogP contribution >= 0.6 is 12.6 Å². The van der Waals surface area contributed by atoms with Crippen LogP contribution in [0.5, 0.6) is 0 Å². The molecule has 0 saturated heterocycles. The van der Waals surface area contributed by atoms with E-state index in [0.717, 1.165) is 22.3 Å². The number of thiol groups is 1. The summed E-state index contributed by atoms with van der Waals surface area (Å²) < 4.78 is 0. The first-order valence-electron chi connectivity index (χ1n) is 4.70. The molecule has 2 aromatic rings. The van der Waals surface area contributed by atoms with Crippen LogP contribution in [0.4, 0.5) is 5.69 Å². The van der Waals surface area contributed by atoms with E-state index in [9.17, 15) is 4.79 Å². The van der Waals surface area contributed by atoms with Gasteiger partial charge in [0.15, 0.2) is 0 Å². The van der Waals surface area contributed by atoms with Gasteiger partial charge in [0.1, 0.15) is 0 Å². The van der Waals surface area contributed by atoms with Gasteiger partial charge in [-0.3, -0.25) is 4.79 Å². The molecule has 0 saturated carbocycles. The van der Waals surface area contributed by atoms with Crippen LogP contribution in [0.3, 0.4) is 0 Å². The Morgan fingerprint density at radius 2 is 2.20 bits per heavy atom. The van der Waals surface area contributed by atoms with E-state index in [1.54, 1.807) is 0 Å². The van der Waals surface area contributed by atoms with Crippen molar-refractivity contribution in [1.82, 2.24) is 4.98 Å². The number of para-hydroxylation sites is 1. The highest BCUT2D eigenvalue weighted by Crippen LogP contribution is 2.26. The molecule has 1 amide bonds. The molecular weight excluding hydrogens is 208 g/mol. The molecule has 1 heterocycles. The topological polar surface area (TPSA) is 44.9 Å². The molecule has 0 aliphatic carbocycles. The van der Waals surface area contributed by atoms with Crippen molar-refractivity contribution in [3.05, 3.63) is 30.0 Å². The first kappa shape index (κ1) is 10.1. The lowest BCUT2D eigenvalue weighted by Gasteiger charge is -2.02. The third-order valence-corrected chi connectivity index (χ3v) is 2.59. The van der Waals surface area contributed by atoms with E-state index >= 15 is 0 Å². The number of anilines is 1. The molecular formula is C11H12N2OS. The van der Waals surface area contributed by atoms with E-state index in [-0.39, 0.29) is 11.7 Å². The maximum absolute atomic E-state index is 11.3. The van der Waals surface area contributed by atoms with Crippen molar-refractivity contribution in [2.75, 3.05) is 11.1 Å². The second-order valence-electron chi connectivity index (χ2n) is 3.38. The van der Waals surface area contributed by atoms with Gasteiger partial charge in [-0.25, -0.2) is 0 Å². The first-order chi connectivity index (χ1) is 7.22. The Labute approximate surface area is 93.3 Å². The monoisotopic (exact) mass is 220 g/mol. The predicted octanol–water partition coefficient (Wildman–Crippen LogP) is 2.34. The number of rotatable bonds is 2. The number of aromatic nitrogens is 1. The average molecular weight is 220 g/mol. The zero-order valence-corrected chi connectivity index (χ0v) is 9.27. The van der Waals surface area contributed by atoms with E-state index in [0.29, 0.717) is 0 Å². The normalized spacial score (nSPS) is 10.5. The van der Waals surface area contributed by atoms with Crippen LogP contribution in [0.1, 0.15) is 5.69 Å². The van der Waals surface area contributed by atoms with Crippen LogP contribution in [0.2, 0.25) is 0 Å². The smallest absolute Gasteiger partial charge is 0.234 e. The molecule has 0 aliphatic rings. The summed E-state index contributed by atoms with van der Waals surface area (Å²) in [7, 11) is 0. The Kier molecular flexibility index (Phi) is 2.68. The van der Waals surface area contributed by atoms with Crippen LogP contribution < -0.4 is 5.32 Å². The summed E-state index contributed by atoms with van der Waals surface area (Å²) in [5.41, 5.74) is 2.85. The summed E-state index contributed by atoms with van der Waals surface area (Å²) in [4.78, 5) is 14.5. The Morgan fingerprint density at radius 3 is 2.93 bits per heavy atom. The third-order valence-electron chi connectivity index (χ3n) is 2.30. The molecule has 1 aromatic carbocycles. The molecule has 0 aliphatic heterocycles. The second kappa shape index (κ2) is 3.98. The lowest BCUT2D eigenvalue weighted by molar-refractivity contribution is -0.113. The molecule has 78 valence electrons. The minimum absolute atomic E-state index is 0.0915. The second-order valence-corrected chi connectivity index (χ2v) is 3.69. The Balaban J connectivity index is 2.49. The minimum atomic E-state index is -0.0915. The maximum Gasteiger partial charge on any atom is 0.234 e. The van der Waals surface area contributed by atoms with Gasteiger partial charge in [0, 0.05) is 16.6 Å². The number of aryl methyl sites for hydroxylation is 1. The molecule has 15 heavy (non-hydrogen) atoms. The zero-order chi connectivity index (χ0) is 10.8. The van der Waals surface area contributed by atoms with Gasteiger partial charge in [-0.15, -0.1) is 0 Å². The lowest BCUT2D eigenvalue weighted by atomic mass is 10.2. The predicted molar refractivity (Wildman–Crippen MR) is 65.5 cm³/mol. The summed E-state index contributed by atoms with van der Waals surface area (Å²) in [6.07, 6.45) is 0. The van der Waals surface area contributed by atoms with Gasteiger partial charge in [0.2, 0.25) is 5.91 Å². The maximum atomic E-state index is 11.3. The van der Waals surface area contributed by atoms with Crippen LogP contribution in [-0.4, -0.2) is 16.6 Å². The molecule has 2 rings (SSSR count). The van der Waals surface area contributed by atoms with Crippen molar-refractivity contribution >= 4 is 35.1 Å². The van der Waals surface area contributed by atoms with Crippen molar-refractivity contribution in [3.8, 4) is 0 Å². The molecule has 0 unspecified atom stereocenters. The summed E-state index contributed by atoms with van der Waals surface area (Å²) in [5.74, 6) is 0.102. The van der Waals surface area contributed by atoms with Crippen molar-refractivity contribution in [3.63, 3.8) is 0 Å². The molecule has 0 bridgehead atoms. The highest BCUT2D eigenvalue weighted by molar-refractivity contribution is 7.81. The summed E-state index contributed by atoms with van der Waals surface area (Å²) in [6.45, 7) is 1.94. The van der Waals surface area contributed by atoms with Crippen molar-refractivity contribution < 1.29 is 4.79 Å². The summed E-state index contributed by atoms with van der Waals surface area (Å²) in [6, 6.07) is 7.88. The van der Waals surface area contributed by atoms with Gasteiger partial charge in [-0.1, -0.05) is 18.2 Å². The van der Waals surface area contributed by atoms with Crippen molar-refractivity contribution in [1.29, 1.82) is 0 Å². The third kappa shape index (κ3) is 1.85. The number of fused-ring (bicyclic) bond motifs is 1. The van der Waals surface area contributed by atoms with E-state index in [2.05, 4.69) is 22.9 Å². The quantitative estimate of drug-likeness (QED) is 0.668. The van der Waals surface area contributed by atoms with Gasteiger partial charge in [0.25, 0.3) is 0 Å². The zero-order valence-electron chi connectivity index (χ0n) is 8.37. The molecule has 2 N–H and O–H groups in total. The number of aromatic amines is 1.